The maximum Gasteiger partial charge on any atom is 0.0261 e. The van der Waals surface area contributed by atoms with Crippen molar-refractivity contribution in [2.75, 3.05) is 19.0 Å². The molecule has 1 atom stereocenters. The summed E-state index contributed by atoms with van der Waals surface area (Å²) < 4.78 is 0. The number of hydrogen-bond donors (Lipinski definition) is 0. The molecule has 0 amide bonds. The molecule has 0 bridgehead atoms. The van der Waals surface area contributed by atoms with Gasteiger partial charge in [-0.3, -0.25) is 4.90 Å². The van der Waals surface area contributed by atoms with Gasteiger partial charge in [0.05, 0.1) is 0 Å². The second kappa shape index (κ2) is 5.21. The van der Waals surface area contributed by atoms with E-state index in [-0.39, 0.29) is 0 Å². The van der Waals surface area contributed by atoms with Crippen molar-refractivity contribution >= 4 is 11.6 Å². The van der Waals surface area contributed by atoms with Gasteiger partial charge in [0, 0.05) is 25.0 Å². The summed E-state index contributed by atoms with van der Waals surface area (Å²) in [6, 6.07) is 0.882. The lowest BCUT2D eigenvalue weighted by molar-refractivity contribution is 0.211. The van der Waals surface area contributed by atoms with Gasteiger partial charge in [-0.2, -0.15) is 0 Å². The van der Waals surface area contributed by atoms with Crippen molar-refractivity contribution < 1.29 is 0 Å². The molecule has 78 valence electrons. The van der Waals surface area contributed by atoms with E-state index in [0.29, 0.717) is 5.92 Å². The van der Waals surface area contributed by atoms with E-state index < -0.39 is 0 Å². The summed E-state index contributed by atoms with van der Waals surface area (Å²) >= 11 is 5.83. The van der Waals surface area contributed by atoms with Crippen LogP contribution in [0.2, 0.25) is 0 Å². The molecule has 13 heavy (non-hydrogen) atoms. The van der Waals surface area contributed by atoms with E-state index in [4.69, 9.17) is 11.6 Å². The lowest BCUT2D eigenvalue weighted by atomic mass is 10.1. The molecule has 0 aromatic heterocycles. The lowest BCUT2D eigenvalue weighted by Crippen LogP contribution is -2.34. The Kier molecular flexibility index (Phi) is 4.54. The summed E-state index contributed by atoms with van der Waals surface area (Å²) in [5.74, 6) is 2.21. The Morgan fingerprint density at radius 1 is 1.23 bits per heavy atom. The number of alkyl halides is 1. The summed E-state index contributed by atoms with van der Waals surface area (Å²) in [6.07, 6.45) is 2.81. The molecule has 0 aromatic carbocycles. The van der Waals surface area contributed by atoms with Crippen LogP contribution in [0.1, 0.15) is 33.6 Å². The largest absolute Gasteiger partial charge is 0.300 e. The summed E-state index contributed by atoms with van der Waals surface area (Å²) in [5, 5.41) is 0. The minimum Gasteiger partial charge on any atom is -0.300 e. The van der Waals surface area contributed by atoms with E-state index in [1.807, 2.05) is 0 Å². The summed E-state index contributed by atoms with van der Waals surface area (Å²) in [6.45, 7) is 9.25. The van der Waals surface area contributed by atoms with Crippen molar-refractivity contribution in [1.82, 2.24) is 4.90 Å². The van der Waals surface area contributed by atoms with Crippen LogP contribution in [0.5, 0.6) is 0 Å². The van der Waals surface area contributed by atoms with E-state index in [0.717, 1.165) is 17.8 Å². The Hall–Kier alpha value is 0.250. The molecule has 2 heteroatoms. The standard InChI is InChI=1S/C11H22ClN/c1-9(2)7-13(11-4-5-11)8-10(3)6-12/h9-11H,4-8H2,1-3H3. The van der Waals surface area contributed by atoms with Crippen molar-refractivity contribution in [3.63, 3.8) is 0 Å². The van der Waals surface area contributed by atoms with Crippen molar-refractivity contribution in [2.24, 2.45) is 11.8 Å². The summed E-state index contributed by atoms with van der Waals surface area (Å²) in [4.78, 5) is 2.62. The third-order valence-electron chi connectivity index (χ3n) is 2.47. The predicted molar refractivity (Wildman–Crippen MR) is 59.3 cm³/mol. The second-order valence-electron chi connectivity index (χ2n) is 4.84. The normalized spacial score (nSPS) is 19.8. The highest BCUT2D eigenvalue weighted by molar-refractivity contribution is 6.18. The Balaban J connectivity index is 2.29. The van der Waals surface area contributed by atoms with Crippen LogP contribution in [0.25, 0.3) is 0 Å². The van der Waals surface area contributed by atoms with Crippen LogP contribution in [0.3, 0.4) is 0 Å². The summed E-state index contributed by atoms with van der Waals surface area (Å²) in [5.41, 5.74) is 0. The average molecular weight is 204 g/mol. The fourth-order valence-electron chi connectivity index (χ4n) is 1.73. The SMILES string of the molecule is CC(C)CN(CC(C)CCl)C1CC1. The van der Waals surface area contributed by atoms with Crippen LogP contribution in [-0.4, -0.2) is 29.9 Å². The maximum atomic E-state index is 5.83. The Morgan fingerprint density at radius 3 is 2.23 bits per heavy atom. The molecule has 0 heterocycles. The van der Waals surface area contributed by atoms with Gasteiger partial charge in [0.15, 0.2) is 0 Å². The smallest absolute Gasteiger partial charge is 0.0261 e. The van der Waals surface area contributed by atoms with Gasteiger partial charge < -0.3 is 0 Å². The summed E-state index contributed by atoms with van der Waals surface area (Å²) in [7, 11) is 0. The second-order valence-corrected chi connectivity index (χ2v) is 5.15. The molecule has 1 rings (SSSR count). The van der Waals surface area contributed by atoms with Gasteiger partial charge in [-0.15, -0.1) is 11.6 Å². The zero-order valence-electron chi connectivity index (χ0n) is 9.09. The Bertz CT molecular complexity index is 143. The molecule has 1 fully saturated rings. The van der Waals surface area contributed by atoms with E-state index in [2.05, 4.69) is 25.7 Å². The first-order valence-electron chi connectivity index (χ1n) is 5.43. The highest BCUT2D eigenvalue weighted by Crippen LogP contribution is 2.28. The van der Waals surface area contributed by atoms with Gasteiger partial charge in [-0.1, -0.05) is 20.8 Å². The molecule has 0 aliphatic heterocycles. The highest BCUT2D eigenvalue weighted by Gasteiger charge is 2.29. The molecule has 0 saturated heterocycles. The fraction of sp³-hybridized carbons (Fsp3) is 1.00. The third-order valence-corrected chi connectivity index (χ3v) is 3.00. The van der Waals surface area contributed by atoms with Crippen LogP contribution in [0, 0.1) is 11.8 Å². The zero-order valence-corrected chi connectivity index (χ0v) is 9.85. The monoisotopic (exact) mass is 203 g/mol. The van der Waals surface area contributed by atoms with Crippen molar-refractivity contribution in [3.8, 4) is 0 Å². The van der Waals surface area contributed by atoms with Crippen LogP contribution in [0.15, 0.2) is 0 Å². The van der Waals surface area contributed by atoms with Crippen molar-refractivity contribution in [1.29, 1.82) is 0 Å². The van der Waals surface area contributed by atoms with Crippen LogP contribution in [-0.2, 0) is 0 Å². The van der Waals surface area contributed by atoms with E-state index in [1.165, 1.54) is 25.9 Å². The van der Waals surface area contributed by atoms with Gasteiger partial charge in [-0.05, 0) is 24.7 Å². The molecular weight excluding hydrogens is 182 g/mol. The first-order chi connectivity index (χ1) is 6.13. The van der Waals surface area contributed by atoms with Crippen LogP contribution >= 0.6 is 11.6 Å². The van der Waals surface area contributed by atoms with Crippen LogP contribution in [0.4, 0.5) is 0 Å². The molecular formula is C11H22ClN. The molecule has 1 saturated carbocycles. The van der Waals surface area contributed by atoms with Crippen molar-refractivity contribution in [3.05, 3.63) is 0 Å². The first kappa shape index (κ1) is 11.3. The fourth-order valence-corrected chi connectivity index (χ4v) is 1.83. The molecule has 1 unspecified atom stereocenters. The van der Waals surface area contributed by atoms with Crippen molar-refractivity contribution in [2.45, 2.75) is 39.7 Å². The van der Waals surface area contributed by atoms with Gasteiger partial charge in [0.1, 0.15) is 0 Å². The molecule has 1 nitrogen and oxygen atoms in total. The average Bonchev–Trinajstić information content (AvgIpc) is 2.84. The number of nitrogens with zero attached hydrogens (tertiary/aromatic N) is 1. The molecule has 0 aromatic rings. The van der Waals surface area contributed by atoms with Gasteiger partial charge >= 0.3 is 0 Å². The predicted octanol–water partition coefficient (Wildman–Crippen LogP) is 2.98. The first-order valence-corrected chi connectivity index (χ1v) is 5.97. The Labute approximate surface area is 87.4 Å². The number of halogens is 1. The molecule has 1 aliphatic rings. The Morgan fingerprint density at radius 2 is 1.85 bits per heavy atom. The topological polar surface area (TPSA) is 3.24 Å². The number of rotatable bonds is 6. The molecule has 0 N–H and O–H groups in total. The van der Waals surface area contributed by atoms with Gasteiger partial charge in [-0.25, -0.2) is 0 Å². The quantitative estimate of drug-likeness (QED) is 0.600. The third kappa shape index (κ3) is 4.33. The molecule has 1 aliphatic carbocycles. The van der Waals surface area contributed by atoms with E-state index >= 15 is 0 Å². The molecule has 0 radical (unpaired) electrons. The van der Waals surface area contributed by atoms with Gasteiger partial charge in [0.25, 0.3) is 0 Å². The van der Waals surface area contributed by atoms with Crippen LogP contribution < -0.4 is 0 Å². The van der Waals surface area contributed by atoms with E-state index in [1.54, 1.807) is 0 Å². The maximum absolute atomic E-state index is 5.83. The van der Waals surface area contributed by atoms with Gasteiger partial charge in [0.2, 0.25) is 0 Å². The minimum atomic E-state index is 0.640. The zero-order chi connectivity index (χ0) is 9.84. The highest BCUT2D eigenvalue weighted by atomic mass is 35.5. The number of hydrogen-bond acceptors (Lipinski definition) is 1. The lowest BCUT2D eigenvalue weighted by Gasteiger charge is -2.26. The minimum absolute atomic E-state index is 0.640. The van der Waals surface area contributed by atoms with E-state index in [9.17, 15) is 0 Å². The molecule has 0 spiro atoms.